The third kappa shape index (κ3) is 3.73. The van der Waals surface area contributed by atoms with E-state index < -0.39 is 0 Å². The van der Waals surface area contributed by atoms with E-state index in [1.54, 1.807) is 17.2 Å². The Kier molecular flexibility index (Phi) is 4.97. The molecule has 2 aromatic heterocycles. The minimum Gasteiger partial charge on any atom is -0.476 e. The largest absolute Gasteiger partial charge is 0.476 e. The van der Waals surface area contributed by atoms with Gasteiger partial charge in [0.1, 0.15) is 5.03 Å². The number of aromatic nitrogens is 3. The van der Waals surface area contributed by atoms with Crippen LogP contribution >= 0.6 is 23.4 Å². The van der Waals surface area contributed by atoms with Crippen molar-refractivity contribution >= 4 is 29.3 Å². The molecule has 2 aromatic rings. The van der Waals surface area contributed by atoms with Crippen LogP contribution in [0.25, 0.3) is 0 Å². The van der Waals surface area contributed by atoms with Gasteiger partial charge in [-0.2, -0.15) is 4.98 Å². The molecule has 0 radical (unpaired) electrons. The molecule has 0 saturated carbocycles. The lowest BCUT2D eigenvalue weighted by molar-refractivity contribution is 0.0384. The molecule has 3 rings (SSSR count). The molecule has 0 spiro atoms. The summed E-state index contributed by atoms with van der Waals surface area (Å²) < 4.78 is 5.56. The zero-order valence-corrected chi connectivity index (χ0v) is 14.0. The fourth-order valence-electron chi connectivity index (χ4n) is 2.33. The average molecular weight is 351 g/mol. The van der Waals surface area contributed by atoms with Crippen LogP contribution in [0.4, 0.5) is 0 Å². The zero-order valence-electron chi connectivity index (χ0n) is 12.5. The van der Waals surface area contributed by atoms with Crippen LogP contribution < -0.4 is 4.74 Å². The first-order valence-corrected chi connectivity index (χ1v) is 8.66. The summed E-state index contributed by atoms with van der Waals surface area (Å²) in [5.41, 5.74) is 0.653. The van der Waals surface area contributed by atoms with Gasteiger partial charge in [-0.1, -0.05) is 11.6 Å². The number of amides is 1. The van der Waals surface area contributed by atoms with Crippen LogP contribution in [0.1, 0.15) is 10.4 Å². The highest BCUT2D eigenvalue weighted by Gasteiger charge is 2.32. The van der Waals surface area contributed by atoms with Gasteiger partial charge >= 0.3 is 0 Å². The minimum atomic E-state index is 0.0150. The summed E-state index contributed by atoms with van der Waals surface area (Å²) in [5.74, 6) is 0.703. The van der Waals surface area contributed by atoms with Crippen LogP contribution in [0.3, 0.4) is 0 Å². The maximum atomic E-state index is 12.5. The first kappa shape index (κ1) is 16.0. The minimum absolute atomic E-state index is 0.0150. The van der Waals surface area contributed by atoms with Crippen LogP contribution in [-0.4, -0.2) is 51.7 Å². The number of ether oxygens (including phenoxy) is 1. The molecule has 1 aliphatic rings. The van der Waals surface area contributed by atoms with Gasteiger partial charge < -0.3 is 9.64 Å². The fraction of sp³-hybridized carbons (Fsp3) is 0.333. The first-order chi connectivity index (χ1) is 11.2. The van der Waals surface area contributed by atoms with Gasteiger partial charge in [0.2, 0.25) is 5.88 Å². The Labute approximate surface area is 143 Å². The van der Waals surface area contributed by atoms with Crippen molar-refractivity contribution in [3.8, 4) is 5.88 Å². The summed E-state index contributed by atoms with van der Waals surface area (Å²) in [6.45, 7) is 1.81. The van der Waals surface area contributed by atoms with Crippen LogP contribution in [0, 0.1) is 5.92 Å². The van der Waals surface area contributed by atoms with E-state index in [4.69, 9.17) is 16.3 Å². The molecular weight excluding hydrogens is 336 g/mol. The van der Waals surface area contributed by atoms with E-state index in [2.05, 4.69) is 15.0 Å². The van der Waals surface area contributed by atoms with Crippen LogP contribution in [0.2, 0.25) is 5.15 Å². The molecule has 0 N–H and O–H groups in total. The van der Waals surface area contributed by atoms with Gasteiger partial charge in [0.25, 0.3) is 5.91 Å². The first-order valence-electron chi connectivity index (χ1n) is 7.06. The highest BCUT2D eigenvalue weighted by molar-refractivity contribution is 7.98. The SMILES string of the molecule is CSc1ncccc1C(=O)N1CC(COc2cncc(Cl)n2)C1. The van der Waals surface area contributed by atoms with E-state index in [0.717, 1.165) is 5.03 Å². The Hall–Kier alpha value is -1.86. The lowest BCUT2D eigenvalue weighted by Gasteiger charge is -2.39. The van der Waals surface area contributed by atoms with Crippen molar-refractivity contribution in [3.63, 3.8) is 0 Å². The number of hydrogen-bond acceptors (Lipinski definition) is 6. The van der Waals surface area contributed by atoms with Gasteiger partial charge in [0.15, 0.2) is 5.15 Å². The molecule has 0 aromatic carbocycles. The van der Waals surface area contributed by atoms with Crippen molar-refractivity contribution in [2.45, 2.75) is 5.03 Å². The highest BCUT2D eigenvalue weighted by atomic mass is 35.5. The smallest absolute Gasteiger partial charge is 0.256 e. The number of hydrogen-bond donors (Lipinski definition) is 0. The van der Waals surface area contributed by atoms with Crippen LogP contribution in [-0.2, 0) is 0 Å². The zero-order chi connectivity index (χ0) is 16.2. The Morgan fingerprint density at radius 1 is 1.48 bits per heavy atom. The second-order valence-corrected chi connectivity index (χ2v) is 6.31. The lowest BCUT2D eigenvalue weighted by atomic mass is 10.0. The van der Waals surface area contributed by atoms with E-state index in [1.165, 1.54) is 24.2 Å². The van der Waals surface area contributed by atoms with E-state index in [-0.39, 0.29) is 11.8 Å². The van der Waals surface area contributed by atoms with Gasteiger partial charge in [-0.15, -0.1) is 11.8 Å². The standard InChI is InChI=1S/C15H15ClN4O2S/c1-23-14-11(3-2-4-18-14)15(21)20-7-10(8-20)9-22-13-6-17-5-12(16)19-13/h2-6,10H,7-9H2,1H3. The number of halogens is 1. The predicted molar refractivity (Wildman–Crippen MR) is 87.9 cm³/mol. The maximum absolute atomic E-state index is 12.5. The monoisotopic (exact) mass is 350 g/mol. The third-order valence-electron chi connectivity index (χ3n) is 3.49. The van der Waals surface area contributed by atoms with Crippen molar-refractivity contribution < 1.29 is 9.53 Å². The summed E-state index contributed by atoms with van der Waals surface area (Å²) >= 11 is 7.23. The van der Waals surface area contributed by atoms with E-state index >= 15 is 0 Å². The number of likely N-dealkylation sites (tertiary alicyclic amines) is 1. The average Bonchev–Trinajstić information content (AvgIpc) is 2.53. The van der Waals surface area contributed by atoms with Gasteiger partial charge in [-0.3, -0.25) is 9.78 Å². The summed E-state index contributed by atoms with van der Waals surface area (Å²) in [7, 11) is 0. The molecule has 0 unspecified atom stereocenters. The van der Waals surface area contributed by atoms with Crippen LogP contribution in [0.15, 0.2) is 35.7 Å². The Bertz CT molecular complexity index is 709. The molecule has 1 aliphatic heterocycles. The summed E-state index contributed by atoms with van der Waals surface area (Å²) in [4.78, 5) is 26.4. The van der Waals surface area contributed by atoms with Gasteiger partial charge in [0.05, 0.1) is 24.6 Å². The topological polar surface area (TPSA) is 68.2 Å². The molecule has 1 saturated heterocycles. The summed E-state index contributed by atoms with van der Waals surface area (Å²) in [5, 5.41) is 1.06. The molecule has 0 bridgehead atoms. The van der Waals surface area contributed by atoms with E-state index in [1.807, 2.05) is 12.3 Å². The molecule has 23 heavy (non-hydrogen) atoms. The van der Waals surface area contributed by atoms with E-state index in [9.17, 15) is 4.79 Å². The van der Waals surface area contributed by atoms with Crippen molar-refractivity contribution in [2.24, 2.45) is 5.92 Å². The number of nitrogens with zero attached hydrogens (tertiary/aromatic N) is 4. The van der Waals surface area contributed by atoms with Gasteiger partial charge in [-0.05, 0) is 18.4 Å². The van der Waals surface area contributed by atoms with Crippen molar-refractivity contribution in [3.05, 3.63) is 41.4 Å². The number of pyridine rings is 1. The molecule has 1 amide bonds. The molecule has 6 nitrogen and oxygen atoms in total. The predicted octanol–water partition coefficient (Wildman–Crippen LogP) is 2.40. The van der Waals surface area contributed by atoms with Gasteiger partial charge in [-0.25, -0.2) is 4.98 Å². The quantitative estimate of drug-likeness (QED) is 0.771. The molecule has 120 valence electrons. The van der Waals surface area contributed by atoms with Crippen molar-refractivity contribution in [1.82, 2.24) is 19.9 Å². The summed E-state index contributed by atoms with van der Waals surface area (Å²) in [6, 6.07) is 3.59. The number of rotatable bonds is 5. The van der Waals surface area contributed by atoms with E-state index in [0.29, 0.717) is 36.3 Å². The second kappa shape index (κ2) is 7.14. The molecule has 0 atom stereocenters. The molecule has 1 fully saturated rings. The fourth-order valence-corrected chi connectivity index (χ4v) is 3.01. The number of thioether (sulfide) groups is 1. The third-order valence-corrected chi connectivity index (χ3v) is 4.38. The van der Waals surface area contributed by atoms with Crippen LogP contribution in [0.5, 0.6) is 5.88 Å². The van der Waals surface area contributed by atoms with Crippen molar-refractivity contribution in [1.29, 1.82) is 0 Å². The maximum Gasteiger partial charge on any atom is 0.256 e. The van der Waals surface area contributed by atoms with Crippen molar-refractivity contribution in [2.75, 3.05) is 26.0 Å². The number of carbonyl (C=O) groups excluding carboxylic acids is 1. The Morgan fingerprint density at radius 3 is 3.04 bits per heavy atom. The molecule has 8 heteroatoms. The highest BCUT2D eigenvalue weighted by Crippen LogP contribution is 2.24. The number of carbonyl (C=O) groups is 1. The van der Waals surface area contributed by atoms with Gasteiger partial charge in [0, 0.05) is 25.2 Å². The normalized spacial score (nSPS) is 14.4. The molecular formula is C15H15ClN4O2S. The summed E-state index contributed by atoms with van der Waals surface area (Å²) in [6.07, 6.45) is 6.59. The molecule has 0 aliphatic carbocycles. The Morgan fingerprint density at radius 2 is 2.30 bits per heavy atom. The Balaban J connectivity index is 1.52. The lowest BCUT2D eigenvalue weighted by Crippen LogP contribution is -2.52. The second-order valence-electron chi connectivity index (χ2n) is 5.13. The molecule has 3 heterocycles.